The van der Waals surface area contributed by atoms with E-state index < -0.39 is 5.97 Å². The third kappa shape index (κ3) is 3.45. The number of rotatable bonds is 5. The monoisotopic (exact) mass is 247 g/mol. The zero-order valence-electron chi connectivity index (χ0n) is 10.8. The van der Waals surface area contributed by atoms with E-state index in [2.05, 4.69) is 11.1 Å². The maximum Gasteiger partial charge on any atom is 0.323 e. The molecule has 0 aliphatic rings. The molecule has 0 bridgehead atoms. The highest BCUT2D eigenvalue weighted by Crippen LogP contribution is 2.20. The minimum absolute atomic E-state index is 0.149. The number of pyridine rings is 1. The van der Waals surface area contributed by atoms with Crippen molar-refractivity contribution in [3.8, 4) is 6.07 Å². The van der Waals surface area contributed by atoms with Gasteiger partial charge in [0.25, 0.3) is 0 Å². The summed E-state index contributed by atoms with van der Waals surface area (Å²) in [6, 6.07) is 3.84. The molecule has 96 valence electrons. The maximum atomic E-state index is 10.9. The summed E-state index contributed by atoms with van der Waals surface area (Å²) in [5, 5.41) is 18.1. The first-order chi connectivity index (χ1) is 8.45. The molecule has 1 heterocycles. The number of aryl methyl sites for hydroxylation is 1. The van der Waals surface area contributed by atoms with Crippen molar-refractivity contribution in [1.82, 2.24) is 4.98 Å². The smallest absolute Gasteiger partial charge is 0.323 e. The number of carboxylic acid groups (broad SMARTS) is 1. The van der Waals surface area contributed by atoms with E-state index in [1.54, 1.807) is 17.2 Å². The van der Waals surface area contributed by atoms with Crippen molar-refractivity contribution in [2.24, 2.45) is 5.92 Å². The fraction of sp³-hybridized carbons (Fsp3) is 0.462. The van der Waals surface area contributed by atoms with E-state index >= 15 is 0 Å². The highest BCUT2D eigenvalue weighted by atomic mass is 16.4. The van der Waals surface area contributed by atoms with E-state index in [9.17, 15) is 4.79 Å². The molecule has 0 spiro atoms. The number of nitriles is 1. The number of anilines is 1. The fourth-order valence-electron chi connectivity index (χ4n) is 1.75. The van der Waals surface area contributed by atoms with E-state index in [4.69, 9.17) is 10.4 Å². The first-order valence-corrected chi connectivity index (χ1v) is 5.78. The van der Waals surface area contributed by atoms with Crippen molar-refractivity contribution in [2.45, 2.75) is 20.8 Å². The van der Waals surface area contributed by atoms with E-state index in [1.807, 2.05) is 20.8 Å². The van der Waals surface area contributed by atoms with Crippen LogP contribution in [0.4, 0.5) is 5.82 Å². The standard InChI is InChI=1S/C13H17N3O2/c1-9(2)7-16(8-12(17)18)13-11(6-14)10(3)4-5-15-13/h4-5,9H,7-8H2,1-3H3,(H,17,18). The highest BCUT2D eigenvalue weighted by molar-refractivity contribution is 5.74. The maximum absolute atomic E-state index is 10.9. The average Bonchev–Trinajstić information content (AvgIpc) is 2.26. The minimum Gasteiger partial charge on any atom is -0.480 e. The first-order valence-electron chi connectivity index (χ1n) is 5.78. The van der Waals surface area contributed by atoms with Gasteiger partial charge in [-0.3, -0.25) is 4.79 Å². The molecule has 0 radical (unpaired) electrons. The van der Waals surface area contributed by atoms with E-state index in [1.165, 1.54) is 0 Å². The summed E-state index contributed by atoms with van der Waals surface area (Å²) in [5.74, 6) is -0.186. The van der Waals surface area contributed by atoms with Gasteiger partial charge in [-0.15, -0.1) is 0 Å². The molecule has 0 fully saturated rings. The number of aliphatic carboxylic acids is 1. The van der Waals surface area contributed by atoms with Crippen LogP contribution in [0.25, 0.3) is 0 Å². The third-order valence-electron chi connectivity index (χ3n) is 2.46. The second-order valence-electron chi connectivity index (χ2n) is 4.61. The molecule has 0 saturated heterocycles. The first kappa shape index (κ1) is 14.0. The van der Waals surface area contributed by atoms with Crippen LogP contribution < -0.4 is 4.90 Å². The molecule has 0 aromatic carbocycles. The van der Waals surface area contributed by atoms with Gasteiger partial charge in [-0.1, -0.05) is 13.8 Å². The molecule has 1 aromatic rings. The summed E-state index contributed by atoms with van der Waals surface area (Å²) >= 11 is 0. The topological polar surface area (TPSA) is 77.2 Å². The van der Waals surface area contributed by atoms with Crippen LogP contribution in [0, 0.1) is 24.2 Å². The number of hydrogen-bond donors (Lipinski definition) is 1. The summed E-state index contributed by atoms with van der Waals surface area (Å²) in [6.07, 6.45) is 1.60. The van der Waals surface area contributed by atoms with E-state index in [-0.39, 0.29) is 6.54 Å². The summed E-state index contributed by atoms with van der Waals surface area (Å²) < 4.78 is 0. The molecule has 18 heavy (non-hydrogen) atoms. The molecular weight excluding hydrogens is 230 g/mol. The Balaban J connectivity index is 3.16. The lowest BCUT2D eigenvalue weighted by atomic mass is 10.1. The Labute approximate surface area is 107 Å². The molecule has 0 atom stereocenters. The summed E-state index contributed by atoms with van der Waals surface area (Å²) in [7, 11) is 0. The van der Waals surface area contributed by atoms with Gasteiger partial charge in [-0.05, 0) is 24.5 Å². The zero-order valence-corrected chi connectivity index (χ0v) is 10.8. The fourth-order valence-corrected chi connectivity index (χ4v) is 1.75. The molecule has 5 nitrogen and oxygen atoms in total. The quantitative estimate of drug-likeness (QED) is 0.858. The van der Waals surface area contributed by atoms with Gasteiger partial charge < -0.3 is 10.0 Å². The van der Waals surface area contributed by atoms with E-state index in [0.717, 1.165) is 5.56 Å². The second kappa shape index (κ2) is 6.01. The number of carboxylic acids is 1. The van der Waals surface area contributed by atoms with Crippen molar-refractivity contribution in [1.29, 1.82) is 5.26 Å². The predicted octanol–water partition coefficient (Wildman–Crippen LogP) is 1.81. The molecule has 1 aromatic heterocycles. The van der Waals surface area contributed by atoms with Crippen LogP contribution in [0.2, 0.25) is 0 Å². The molecule has 1 rings (SSSR count). The van der Waals surface area contributed by atoms with Crippen LogP contribution in [-0.2, 0) is 4.79 Å². The normalized spacial score (nSPS) is 10.2. The van der Waals surface area contributed by atoms with Gasteiger partial charge in [0.1, 0.15) is 18.4 Å². The van der Waals surface area contributed by atoms with Gasteiger partial charge >= 0.3 is 5.97 Å². The summed E-state index contributed by atoms with van der Waals surface area (Å²) in [6.45, 7) is 6.21. The Bertz CT molecular complexity index is 478. The molecule has 1 N–H and O–H groups in total. The lowest BCUT2D eigenvalue weighted by Gasteiger charge is -2.24. The van der Waals surface area contributed by atoms with Crippen LogP contribution in [0.5, 0.6) is 0 Å². The van der Waals surface area contributed by atoms with Crippen LogP contribution in [-0.4, -0.2) is 29.1 Å². The predicted molar refractivity (Wildman–Crippen MR) is 68.4 cm³/mol. The summed E-state index contributed by atoms with van der Waals surface area (Å²) in [4.78, 5) is 16.7. The Morgan fingerprint density at radius 2 is 2.28 bits per heavy atom. The number of aromatic nitrogens is 1. The summed E-state index contributed by atoms with van der Waals surface area (Å²) in [5.41, 5.74) is 1.25. The molecule has 0 aliphatic heterocycles. The van der Waals surface area contributed by atoms with Gasteiger partial charge in [0.15, 0.2) is 0 Å². The Hall–Kier alpha value is -2.09. The SMILES string of the molecule is Cc1ccnc(N(CC(=O)O)CC(C)C)c1C#N. The van der Waals surface area contributed by atoms with Crippen molar-refractivity contribution >= 4 is 11.8 Å². The highest BCUT2D eigenvalue weighted by Gasteiger charge is 2.18. The van der Waals surface area contributed by atoms with Gasteiger partial charge in [0.05, 0.1) is 5.56 Å². The number of carbonyl (C=O) groups is 1. The van der Waals surface area contributed by atoms with Crippen LogP contribution in [0.15, 0.2) is 12.3 Å². The lowest BCUT2D eigenvalue weighted by molar-refractivity contribution is -0.135. The molecule has 0 saturated carbocycles. The molecule has 0 amide bonds. The zero-order chi connectivity index (χ0) is 13.7. The van der Waals surface area contributed by atoms with Crippen molar-refractivity contribution in [3.63, 3.8) is 0 Å². The van der Waals surface area contributed by atoms with Crippen molar-refractivity contribution in [2.75, 3.05) is 18.0 Å². The minimum atomic E-state index is -0.928. The van der Waals surface area contributed by atoms with Crippen LogP contribution >= 0.6 is 0 Å². The second-order valence-corrected chi connectivity index (χ2v) is 4.61. The van der Waals surface area contributed by atoms with Crippen LogP contribution in [0.3, 0.4) is 0 Å². The van der Waals surface area contributed by atoms with Gasteiger partial charge in [0.2, 0.25) is 0 Å². The number of nitrogens with zero attached hydrogens (tertiary/aromatic N) is 3. The third-order valence-corrected chi connectivity index (χ3v) is 2.46. The molecular formula is C13H17N3O2. The van der Waals surface area contributed by atoms with Crippen molar-refractivity contribution < 1.29 is 9.90 Å². The Morgan fingerprint density at radius 1 is 1.61 bits per heavy atom. The van der Waals surface area contributed by atoms with Crippen molar-refractivity contribution in [3.05, 3.63) is 23.4 Å². The van der Waals surface area contributed by atoms with Gasteiger partial charge in [-0.25, -0.2) is 4.98 Å². The molecule has 5 heteroatoms. The average molecular weight is 247 g/mol. The molecule has 0 unspecified atom stereocenters. The van der Waals surface area contributed by atoms with Crippen LogP contribution in [0.1, 0.15) is 25.0 Å². The lowest BCUT2D eigenvalue weighted by Crippen LogP contribution is -2.34. The Kier molecular flexibility index (Phi) is 4.67. The Morgan fingerprint density at radius 3 is 2.78 bits per heavy atom. The molecule has 0 aliphatic carbocycles. The van der Waals surface area contributed by atoms with Gasteiger partial charge in [0, 0.05) is 12.7 Å². The van der Waals surface area contributed by atoms with E-state index in [0.29, 0.717) is 23.8 Å². The van der Waals surface area contributed by atoms with Gasteiger partial charge in [-0.2, -0.15) is 5.26 Å². The number of hydrogen-bond acceptors (Lipinski definition) is 4. The largest absolute Gasteiger partial charge is 0.480 e.